The molecular weight excluding hydrogens is 260 g/mol. The number of nitrogens with zero attached hydrogens (tertiary/aromatic N) is 1. The van der Waals surface area contributed by atoms with Gasteiger partial charge in [-0.05, 0) is 12.1 Å². The summed E-state index contributed by atoms with van der Waals surface area (Å²) in [7, 11) is -4.84. The third-order valence-electron chi connectivity index (χ3n) is 2.36. The highest BCUT2D eigenvalue weighted by atomic mass is 32.2. The molecule has 2 aromatic rings. The number of hydrogen-bond donors (Lipinski definition) is 0. The maximum Gasteiger partial charge on any atom is 0.376 e. The summed E-state index contributed by atoms with van der Waals surface area (Å²) in [5.74, 6) is 0. The quantitative estimate of drug-likeness (QED) is 0.860. The van der Waals surface area contributed by atoms with Crippen molar-refractivity contribution in [2.24, 2.45) is 0 Å². The molecule has 0 N–H and O–H groups in total. The summed E-state index contributed by atoms with van der Waals surface area (Å²) in [6, 6.07) is 10.2. The summed E-state index contributed by atoms with van der Waals surface area (Å²) in [5.41, 5.74) is -0.573. The van der Waals surface area contributed by atoms with Gasteiger partial charge in [0.1, 0.15) is 0 Å². The van der Waals surface area contributed by atoms with Crippen LogP contribution in [0.25, 0.3) is 0 Å². The van der Waals surface area contributed by atoms with Crippen molar-refractivity contribution in [3.8, 4) is 0 Å². The lowest BCUT2D eigenvalue weighted by Gasteiger charge is -2.16. The van der Waals surface area contributed by atoms with Crippen molar-refractivity contribution in [2.45, 2.75) is 10.3 Å². The Hall–Kier alpha value is -1.82. The van der Waals surface area contributed by atoms with Gasteiger partial charge in [-0.15, -0.1) is 0 Å². The molecule has 0 saturated carbocycles. The molecular formula is C12H9F2NO2S. The Labute approximate surface area is 103 Å². The second-order valence-corrected chi connectivity index (χ2v) is 5.49. The van der Waals surface area contributed by atoms with Crippen molar-refractivity contribution in [3.05, 3.63) is 60.3 Å². The molecule has 0 radical (unpaired) electrons. The van der Waals surface area contributed by atoms with Gasteiger partial charge in [0.15, 0.2) is 5.03 Å². The summed E-state index contributed by atoms with van der Waals surface area (Å²) in [6.07, 6.45) is 1.16. The van der Waals surface area contributed by atoms with E-state index < -0.39 is 25.7 Å². The molecule has 6 heteroatoms. The molecule has 0 aliphatic rings. The lowest BCUT2D eigenvalue weighted by molar-refractivity contribution is 0.0902. The number of hydrogen-bond acceptors (Lipinski definition) is 3. The number of sulfone groups is 1. The molecule has 1 heterocycles. The number of rotatable bonds is 3. The molecule has 0 atom stereocenters. The SMILES string of the molecule is O=S(=O)(c1ccccn1)C(F)(F)c1ccccc1. The standard InChI is InChI=1S/C12H9F2NO2S/c13-12(14,10-6-2-1-3-7-10)18(16,17)11-8-4-5-9-15-11/h1-9H. The largest absolute Gasteiger partial charge is 0.376 e. The first-order valence-corrected chi connectivity index (χ1v) is 6.53. The van der Waals surface area contributed by atoms with E-state index in [9.17, 15) is 17.2 Å². The highest BCUT2D eigenvalue weighted by Crippen LogP contribution is 2.37. The van der Waals surface area contributed by atoms with E-state index >= 15 is 0 Å². The van der Waals surface area contributed by atoms with E-state index in [1.54, 1.807) is 0 Å². The number of halogens is 2. The van der Waals surface area contributed by atoms with Crippen LogP contribution < -0.4 is 0 Å². The van der Waals surface area contributed by atoms with E-state index in [2.05, 4.69) is 4.98 Å². The van der Waals surface area contributed by atoms with Gasteiger partial charge in [-0.25, -0.2) is 13.4 Å². The van der Waals surface area contributed by atoms with Gasteiger partial charge >= 0.3 is 5.25 Å². The smallest absolute Gasteiger partial charge is 0.245 e. The lowest BCUT2D eigenvalue weighted by atomic mass is 10.2. The normalized spacial score (nSPS) is 12.3. The molecule has 0 unspecified atom stereocenters. The zero-order valence-electron chi connectivity index (χ0n) is 9.12. The van der Waals surface area contributed by atoms with Crippen molar-refractivity contribution in [1.82, 2.24) is 4.98 Å². The average Bonchev–Trinajstić information content (AvgIpc) is 2.40. The first-order chi connectivity index (χ1) is 8.46. The molecule has 0 spiro atoms. The van der Waals surface area contributed by atoms with Gasteiger partial charge in [0.25, 0.3) is 9.84 Å². The highest BCUT2D eigenvalue weighted by molar-refractivity contribution is 7.92. The minimum absolute atomic E-state index is 0.573. The molecule has 0 fully saturated rings. The van der Waals surface area contributed by atoms with Crippen molar-refractivity contribution < 1.29 is 17.2 Å². The maximum absolute atomic E-state index is 14.0. The Bertz CT molecular complexity index is 628. The number of aromatic nitrogens is 1. The molecule has 94 valence electrons. The van der Waals surface area contributed by atoms with E-state index in [-0.39, 0.29) is 0 Å². The van der Waals surface area contributed by atoms with Crippen LogP contribution >= 0.6 is 0 Å². The molecule has 0 aliphatic heterocycles. The Morgan fingerprint density at radius 2 is 1.56 bits per heavy atom. The van der Waals surface area contributed by atoms with Gasteiger partial charge in [0.05, 0.1) is 0 Å². The minimum atomic E-state index is -4.84. The summed E-state index contributed by atoms with van der Waals surface area (Å²) < 4.78 is 51.7. The molecule has 3 nitrogen and oxygen atoms in total. The van der Waals surface area contributed by atoms with E-state index in [1.165, 1.54) is 30.3 Å². The second-order valence-electron chi connectivity index (χ2n) is 3.55. The lowest BCUT2D eigenvalue weighted by Crippen LogP contribution is -2.27. The van der Waals surface area contributed by atoms with Crippen LogP contribution in [-0.2, 0) is 15.1 Å². The monoisotopic (exact) mass is 269 g/mol. The zero-order chi connectivity index (χ0) is 13.2. The molecule has 2 rings (SSSR count). The summed E-state index contributed by atoms with van der Waals surface area (Å²) in [5, 5.41) is -4.64. The first-order valence-electron chi connectivity index (χ1n) is 5.05. The van der Waals surface area contributed by atoms with Crippen LogP contribution in [-0.4, -0.2) is 13.4 Å². The molecule has 0 bridgehead atoms. The third kappa shape index (κ3) is 1.99. The van der Waals surface area contributed by atoms with Crippen LogP contribution in [0.1, 0.15) is 5.56 Å². The summed E-state index contributed by atoms with van der Waals surface area (Å²) in [4.78, 5) is 3.47. The third-order valence-corrected chi connectivity index (χ3v) is 4.06. The van der Waals surface area contributed by atoms with Gasteiger partial charge < -0.3 is 0 Å². The first kappa shape index (κ1) is 12.6. The van der Waals surface area contributed by atoms with Gasteiger partial charge in [0.2, 0.25) is 0 Å². The fourth-order valence-corrected chi connectivity index (χ4v) is 2.59. The van der Waals surface area contributed by atoms with Crippen molar-refractivity contribution >= 4 is 9.84 Å². The van der Waals surface area contributed by atoms with E-state index in [4.69, 9.17) is 0 Å². The fraction of sp³-hybridized carbons (Fsp3) is 0.0833. The van der Waals surface area contributed by atoms with E-state index in [1.807, 2.05) is 0 Å². The Morgan fingerprint density at radius 3 is 2.11 bits per heavy atom. The van der Waals surface area contributed by atoms with Crippen LogP contribution in [0.3, 0.4) is 0 Å². The maximum atomic E-state index is 14.0. The van der Waals surface area contributed by atoms with Crippen molar-refractivity contribution in [2.75, 3.05) is 0 Å². The topological polar surface area (TPSA) is 47.0 Å². The van der Waals surface area contributed by atoms with E-state index in [0.717, 1.165) is 24.4 Å². The van der Waals surface area contributed by atoms with Gasteiger partial charge in [-0.3, -0.25) is 0 Å². The molecule has 0 saturated heterocycles. The fourth-order valence-electron chi connectivity index (χ4n) is 1.42. The Morgan fingerprint density at radius 1 is 0.944 bits per heavy atom. The summed E-state index contributed by atoms with van der Waals surface area (Å²) >= 11 is 0. The van der Waals surface area contributed by atoms with Gasteiger partial charge in [-0.1, -0.05) is 36.4 Å². The minimum Gasteiger partial charge on any atom is -0.245 e. The second kappa shape index (κ2) is 4.45. The highest BCUT2D eigenvalue weighted by Gasteiger charge is 2.48. The molecule has 18 heavy (non-hydrogen) atoms. The number of pyridine rings is 1. The predicted molar refractivity (Wildman–Crippen MR) is 61.8 cm³/mol. The Kier molecular flexibility index (Phi) is 3.13. The van der Waals surface area contributed by atoms with Crippen molar-refractivity contribution in [3.63, 3.8) is 0 Å². The van der Waals surface area contributed by atoms with Crippen LogP contribution in [0, 0.1) is 0 Å². The van der Waals surface area contributed by atoms with Crippen LogP contribution in [0.2, 0.25) is 0 Å². The molecule has 0 aliphatic carbocycles. The Balaban J connectivity index is 2.55. The molecule has 1 aromatic heterocycles. The number of benzene rings is 1. The summed E-state index contributed by atoms with van der Waals surface area (Å²) in [6.45, 7) is 0. The van der Waals surface area contributed by atoms with Gasteiger partial charge in [-0.2, -0.15) is 8.78 Å². The molecule has 0 amide bonds. The molecule has 1 aromatic carbocycles. The average molecular weight is 269 g/mol. The van der Waals surface area contributed by atoms with Gasteiger partial charge in [0, 0.05) is 11.8 Å². The van der Waals surface area contributed by atoms with E-state index in [0.29, 0.717) is 0 Å². The predicted octanol–water partition coefficient (Wildman–Crippen LogP) is 2.60. The number of alkyl halides is 2. The van der Waals surface area contributed by atoms with Crippen LogP contribution in [0.4, 0.5) is 8.78 Å². The zero-order valence-corrected chi connectivity index (χ0v) is 9.94. The van der Waals surface area contributed by atoms with Crippen LogP contribution in [0.5, 0.6) is 0 Å². The van der Waals surface area contributed by atoms with Crippen LogP contribution in [0.15, 0.2) is 59.8 Å². The van der Waals surface area contributed by atoms with Crippen molar-refractivity contribution in [1.29, 1.82) is 0 Å².